The summed E-state index contributed by atoms with van der Waals surface area (Å²) in [6.45, 7) is 2.64. The molecule has 1 unspecified atom stereocenters. The van der Waals surface area contributed by atoms with Crippen LogP contribution in [0.3, 0.4) is 0 Å². The number of aromatic amines is 1. The quantitative estimate of drug-likeness (QED) is 0.816. The van der Waals surface area contributed by atoms with E-state index in [1.807, 2.05) is 37.3 Å². The highest BCUT2D eigenvalue weighted by atomic mass is 16.5. The lowest BCUT2D eigenvalue weighted by Crippen LogP contribution is -2.38. The SMILES string of the molecule is CCCCn1c2c(c(=O)[nH]c1=O)C(c1ccccc1)C1=C(COC1=O)N2. The molecule has 2 aliphatic rings. The van der Waals surface area contributed by atoms with Crippen LogP contribution in [-0.4, -0.2) is 22.1 Å². The summed E-state index contributed by atoms with van der Waals surface area (Å²) in [6, 6.07) is 9.34. The van der Waals surface area contributed by atoms with Gasteiger partial charge in [0, 0.05) is 6.54 Å². The lowest BCUT2D eigenvalue weighted by atomic mass is 9.83. The van der Waals surface area contributed by atoms with Gasteiger partial charge in [-0.1, -0.05) is 43.7 Å². The summed E-state index contributed by atoms with van der Waals surface area (Å²) in [7, 11) is 0. The topological polar surface area (TPSA) is 93.2 Å². The van der Waals surface area contributed by atoms with Crippen LogP contribution in [0, 0.1) is 0 Å². The minimum Gasteiger partial charge on any atom is -0.456 e. The lowest BCUT2D eigenvalue weighted by molar-refractivity contribution is -0.136. The van der Waals surface area contributed by atoms with Crippen molar-refractivity contribution >= 4 is 11.8 Å². The maximum atomic E-state index is 12.7. The average Bonchev–Trinajstić information content (AvgIpc) is 3.01. The minimum absolute atomic E-state index is 0.117. The molecule has 1 atom stereocenters. The number of ether oxygens (including phenoxy) is 1. The largest absolute Gasteiger partial charge is 0.456 e. The van der Waals surface area contributed by atoms with E-state index in [0.717, 1.165) is 18.4 Å². The normalized spacial score (nSPS) is 18.2. The van der Waals surface area contributed by atoms with E-state index < -0.39 is 23.1 Å². The van der Waals surface area contributed by atoms with E-state index in [1.54, 1.807) is 4.57 Å². The molecule has 0 fully saturated rings. The van der Waals surface area contributed by atoms with Crippen LogP contribution in [0.5, 0.6) is 0 Å². The zero-order valence-electron chi connectivity index (χ0n) is 14.4. The number of hydrogen-bond donors (Lipinski definition) is 2. The highest BCUT2D eigenvalue weighted by Crippen LogP contribution is 2.42. The number of benzene rings is 1. The van der Waals surface area contributed by atoms with Crippen molar-refractivity contribution < 1.29 is 9.53 Å². The number of anilines is 1. The number of cyclic esters (lactones) is 1. The third kappa shape index (κ3) is 2.47. The van der Waals surface area contributed by atoms with Crippen LogP contribution in [0.1, 0.15) is 36.8 Å². The molecule has 0 saturated heterocycles. The fourth-order valence-electron chi connectivity index (χ4n) is 3.60. The number of hydrogen-bond acceptors (Lipinski definition) is 5. The monoisotopic (exact) mass is 353 g/mol. The first-order valence-electron chi connectivity index (χ1n) is 8.71. The average molecular weight is 353 g/mol. The molecule has 2 aliphatic heterocycles. The number of rotatable bonds is 4. The van der Waals surface area contributed by atoms with Gasteiger partial charge in [0.1, 0.15) is 12.4 Å². The molecule has 1 aromatic carbocycles. The standard InChI is InChI=1S/C19H19N3O4/c1-2-3-9-22-16-15(17(23)21-19(22)25)13(11-7-5-4-6-8-11)14-12(20-16)10-26-18(14)24/h4-8,13,20H,2-3,9-10H2,1H3,(H,21,23,25). The van der Waals surface area contributed by atoms with Gasteiger partial charge in [0.2, 0.25) is 0 Å². The van der Waals surface area contributed by atoms with Crippen LogP contribution in [0.15, 0.2) is 51.2 Å². The molecule has 0 bridgehead atoms. The van der Waals surface area contributed by atoms with Crippen LogP contribution in [0.4, 0.5) is 5.82 Å². The molecule has 7 heteroatoms. The summed E-state index contributed by atoms with van der Waals surface area (Å²) >= 11 is 0. The van der Waals surface area contributed by atoms with Gasteiger partial charge < -0.3 is 10.1 Å². The van der Waals surface area contributed by atoms with Gasteiger partial charge in [0.25, 0.3) is 5.56 Å². The molecule has 0 aliphatic carbocycles. The van der Waals surface area contributed by atoms with Gasteiger partial charge in [-0.05, 0) is 12.0 Å². The molecule has 1 aromatic heterocycles. The summed E-state index contributed by atoms with van der Waals surface area (Å²) in [5.41, 5.74) is 1.32. The molecule has 0 amide bonds. The Morgan fingerprint density at radius 2 is 1.96 bits per heavy atom. The second-order valence-corrected chi connectivity index (χ2v) is 6.46. The number of H-pyrrole nitrogens is 1. The maximum absolute atomic E-state index is 12.7. The molecular formula is C19H19N3O4. The minimum atomic E-state index is -0.560. The molecular weight excluding hydrogens is 334 g/mol. The van der Waals surface area contributed by atoms with E-state index in [4.69, 9.17) is 4.74 Å². The maximum Gasteiger partial charge on any atom is 0.337 e. The zero-order valence-corrected chi connectivity index (χ0v) is 14.4. The number of carbonyl (C=O) groups excluding carboxylic acids is 1. The molecule has 0 saturated carbocycles. The van der Waals surface area contributed by atoms with E-state index in [-0.39, 0.29) is 6.61 Å². The molecule has 2 aromatic rings. The van der Waals surface area contributed by atoms with E-state index in [9.17, 15) is 14.4 Å². The van der Waals surface area contributed by atoms with E-state index in [2.05, 4.69) is 10.3 Å². The number of fused-ring (bicyclic) bond motifs is 1. The molecule has 134 valence electrons. The van der Waals surface area contributed by atoms with E-state index in [1.165, 1.54) is 0 Å². The van der Waals surface area contributed by atoms with Crippen LogP contribution in [0.25, 0.3) is 0 Å². The van der Waals surface area contributed by atoms with Crippen LogP contribution in [0.2, 0.25) is 0 Å². The number of carbonyl (C=O) groups is 1. The molecule has 4 rings (SSSR count). The van der Waals surface area contributed by atoms with E-state index >= 15 is 0 Å². The predicted octanol–water partition coefficient (Wildman–Crippen LogP) is 1.70. The van der Waals surface area contributed by atoms with Gasteiger partial charge in [-0.15, -0.1) is 0 Å². The summed E-state index contributed by atoms with van der Waals surface area (Å²) in [4.78, 5) is 39.8. The van der Waals surface area contributed by atoms with E-state index in [0.29, 0.717) is 29.2 Å². The van der Waals surface area contributed by atoms with Crippen LogP contribution >= 0.6 is 0 Å². The second kappa shape index (κ2) is 6.33. The second-order valence-electron chi connectivity index (χ2n) is 6.46. The van der Waals surface area contributed by atoms with Crippen molar-refractivity contribution in [3.05, 3.63) is 73.6 Å². The molecule has 7 nitrogen and oxygen atoms in total. The molecule has 2 N–H and O–H groups in total. The number of esters is 1. The Bertz CT molecular complexity index is 1020. The third-order valence-corrected chi connectivity index (χ3v) is 4.84. The van der Waals surface area contributed by atoms with Crippen molar-refractivity contribution in [1.82, 2.24) is 9.55 Å². The van der Waals surface area contributed by atoms with Gasteiger partial charge >= 0.3 is 11.7 Å². The molecule has 26 heavy (non-hydrogen) atoms. The Balaban J connectivity index is 1.99. The first-order chi connectivity index (χ1) is 12.6. The Hall–Kier alpha value is -3.09. The predicted molar refractivity (Wildman–Crippen MR) is 96.1 cm³/mol. The van der Waals surface area contributed by atoms with Gasteiger partial charge in [-0.2, -0.15) is 0 Å². The zero-order chi connectivity index (χ0) is 18.3. The lowest BCUT2D eigenvalue weighted by Gasteiger charge is -2.28. The highest BCUT2D eigenvalue weighted by Gasteiger charge is 2.41. The fraction of sp³-hybridized carbons (Fsp3) is 0.316. The van der Waals surface area contributed by atoms with Gasteiger partial charge in [-0.25, -0.2) is 9.59 Å². The Labute approximate surface area is 149 Å². The number of unbranched alkanes of at least 4 members (excludes halogenated alkanes) is 1. The van der Waals surface area contributed by atoms with Gasteiger partial charge in [0.05, 0.1) is 22.8 Å². The van der Waals surface area contributed by atoms with Gasteiger partial charge in [0.15, 0.2) is 0 Å². The van der Waals surface area contributed by atoms with Crippen LogP contribution < -0.4 is 16.6 Å². The number of aromatic nitrogens is 2. The molecule has 0 spiro atoms. The van der Waals surface area contributed by atoms with Crippen molar-refractivity contribution in [2.45, 2.75) is 32.2 Å². The molecule has 3 heterocycles. The molecule has 0 radical (unpaired) electrons. The van der Waals surface area contributed by atoms with Crippen LogP contribution in [-0.2, 0) is 16.1 Å². The van der Waals surface area contributed by atoms with Gasteiger partial charge in [-0.3, -0.25) is 14.3 Å². The first-order valence-corrected chi connectivity index (χ1v) is 8.71. The Morgan fingerprint density at radius 3 is 2.69 bits per heavy atom. The van der Waals surface area contributed by atoms with Crippen molar-refractivity contribution in [3.63, 3.8) is 0 Å². The van der Waals surface area contributed by atoms with Crippen molar-refractivity contribution in [2.24, 2.45) is 0 Å². The summed E-state index contributed by atoms with van der Waals surface area (Å²) < 4.78 is 6.74. The summed E-state index contributed by atoms with van der Waals surface area (Å²) in [6.07, 6.45) is 1.72. The number of nitrogens with one attached hydrogen (secondary N) is 2. The summed E-state index contributed by atoms with van der Waals surface area (Å²) in [5, 5.41) is 3.12. The first kappa shape index (κ1) is 16.4. The van der Waals surface area contributed by atoms with Crippen molar-refractivity contribution in [2.75, 3.05) is 11.9 Å². The Morgan fingerprint density at radius 1 is 1.19 bits per heavy atom. The van der Waals surface area contributed by atoms with Crippen molar-refractivity contribution in [3.8, 4) is 0 Å². The fourth-order valence-corrected chi connectivity index (χ4v) is 3.60. The Kier molecular flexibility index (Phi) is 3.99. The van der Waals surface area contributed by atoms with Crippen molar-refractivity contribution in [1.29, 1.82) is 0 Å². The smallest absolute Gasteiger partial charge is 0.337 e. The third-order valence-electron chi connectivity index (χ3n) is 4.84. The highest BCUT2D eigenvalue weighted by molar-refractivity contribution is 5.96. The number of nitrogens with zero attached hydrogens (tertiary/aromatic N) is 1. The summed E-state index contributed by atoms with van der Waals surface area (Å²) in [5.74, 6) is -0.537.